The van der Waals surface area contributed by atoms with E-state index in [9.17, 15) is 4.79 Å². The molecule has 1 aromatic rings. The molecule has 1 fully saturated rings. The zero-order chi connectivity index (χ0) is 13.9. The summed E-state index contributed by atoms with van der Waals surface area (Å²) >= 11 is 0. The smallest absolute Gasteiger partial charge is 0.408 e. The zero-order valence-corrected chi connectivity index (χ0v) is 11.6. The van der Waals surface area contributed by atoms with Crippen LogP contribution >= 0.6 is 0 Å². The van der Waals surface area contributed by atoms with Crippen LogP contribution in [0.1, 0.15) is 40.0 Å². The van der Waals surface area contributed by atoms with Gasteiger partial charge in [-0.25, -0.2) is 4.79 Å². The van der Waals surface area contributed by atoms with Crippen LogP contribution in [0.15, 0.2) is 12.4 Å². The second-order valence-electron chi connectivity index (χ2n) is 5.77. The normalized spacial score (nSPS) is 23.1. The van der Waals surface area contributed by atoms with Crippen LogP contribution < -0.4 is 10.1 Å². The van der Waals surface area contributed by atoms with E-state index in [2.05, 4.69) is 15.5 Å². The third-order valence-electron chi connectivity index (χ3n) is 2.92. The Bertz CT molecular complexity index is 411. The Balaban J connectivity index is 1.87. The molecule has 0 unspecified atom stereocenters. The molecule has 1 heterocycles. The molecule has 0 saturated heterocycles. The molecule has 0 aliphatic heterocycles. The van der Waals surface area contributed by atoms with Crippen molar-refractivity contribution in [3.63, 3.8) is 0 Å². The molecular formula is C13H21N3O3. The molecule has 1 aromatic heterocycles. The molecule has 2 atom stereocenters. The van der Waals surface area contributed by atoms with E-state index in [1.807, 2.05) is 20.8 Å². The van der Waals surface area contributed by atoms with Gasteiger partial charge in [-0.1, -0.05) is 0 Å². The molecule has 0 spiro atoms. The molecule has 1 saturated carbocycles. The van der Waals surface area contributed by atoms with Gasteiger partial charge < -0.3 is 14.8 Å². The number of carbonyl (C=O) groups excluding carboxylic acids is 1. The number of ether oxygens (including phenoxy) is 2. The number of aromatic amines is 1. The van der Waals surface area contributed by atoms with Crippen molar-refractivity contribution in [1.82, 2.24) is 15.5 Å². The maximum Gasteiger partial charge on any atom is 0.408 e. The van der Waals surface area contributed by atoms with Gasteiger partial charge >= 0.3 is 6.09 Å². The molecule has 0 aromatic carbocycles. The highest BCUT2D eigenvalue weighted by molar-refractivity contribution is 5.68. The SMILES string of the molecule is CC(C)(C)OC(=O)N[C@H]1CCC[C@H]1Oc1cn[nH]c1. The van der Waals surface area contributed by atoms with Gasteiger partial charge in [0.2, 0.25) is 0 Å². The van der Waals surface area contributed by atoms with Crippen LogP contribution in [0.2, 0.25) is 0 Å². The molecule has 1 amide bonds. The summed E-state index contributed by atoms with van der Waals surface area (Å²) in [5.74, 6) is 0.697. The quantitative estimate of drug-likeness (QED) is 0.880. The number of nitrogens with zero attached hydrogens (tertiary/aromatic N) is 1. The van der Waals surface area contributed by atoms with E-state index < -0.39 is 5.60 Å². The lowest BCUT2D eigenvalue weighted by molar-refractivity contribution is 0.0464. The summed E-state index contributed by atoms with van der Waals surface area (Å²) in [6, 6.07) is -0.00949. The van der Waals surface area contributed by atoms with Crippen molar-refractivity contribution in [1.29, 1.82) is 0 Å². The number of aromatic nitrogens is 2. The monoisotopic (exact) mass is 267 g/mol. The number of H-pyrrole nitrogens is 1. The maximum atomic E-state index is 11.8. The average molecular weight is 267 g/mol. The number of carbonyl (C=O) groups is 1. The molecule has 2 N–H and O–H groups in total. The van der Waals surface area contributed by atoms with Crippen LogP contribution in [-0.2, 0) is 4.74 Å². The fraction of sp³-hybridized carbons (Fsp3) is 0.692. The Kier molecular flexibility index (Phi) is 3.97. The number of alkyl carbamates (subject to hydrolysis) is 1. The summed E-state index contributed by atoms with van der Waals surface area (Å²) in [6.07, 6.45) is 5.77. The molecule has 0 bridgehead atoms. The molecule has 1 aliphatic rings. The number of amides is 1. The van der Waals surface area contributed by atoms with E-state index >= 15 is 0 Å². The van der Waals surface area contributed by atoms with Gasteiger partial charge in [-0.3, -0.25) is 5.10 Å². The van der Waals surface area contributed by atoms with E-state index in [0.717, 1.165) is 19.3 Å². The Morgan fingerprint density at radius 2 is 2.26 bits per heavy atom. The van der Waals surface area contributed by atoms with E-state index in [1.165, 1.54) is 0 Å². The lowest BCUT2D eigenvalue weighted by Crippen LogP contribution is -2.44. The molecule has 6 heteroatoms. The van der Waals surface area contributed by atoms with Crippen molar-refractivity contribution in [3.8, 4) is 5.75 Å². The number of nitrogens with one attached hydrogen (secondary N) is 2. The average Bonchev–Trinajstić information content (AvgIpc) is 2.89. The van der Waals surface area contributed by atoms with Crippen LogP contribution in [0.4, 0.5) is 4.79 Å². The van der Waals surface area contributed by atoms with Gasteiger partial charge in [0.25, 0.3) is 0 Å². The number of rotatable bonds is 3. The van der Waals surface area contributed by atoms with Crippen molar-refractivity contribution in [2.45, 2.75) is 57.8 Å². The predicted octanol–water partition coefficient (Wildman–Crippen LogP) is 2.23. The maximum absolute atomic E-state index is 11.8. The second kappa shape index (κ2) is 5.50. The highest BCUT2D eigenvalue weighted by atomic mass is 16.6. The molecule has 19 heavy (non-hydrogen) atoms. The summed E-state index contributed by atoms with van der Waals surface area (Å²) in [6.45, 7) is 5.54. The summed E-state index contributed by atoms with van der Waals surface area (Å²) in [4.78, 5) is 11.8. The first-order valence-corrected chi connectivity index (χ1v) is 6.59. The van der Waals surface area contributed by atoms with Crippen LogP contribution in [0.25, 0.3) is 0 Å². The minimum Gasteiger partial charge on any atom is -0.485 e. The number of hydrogen-bond acceptors (Lipinski definition) is 4. The van der Waals surface area contributed by atoms with Gasteiger partial charge in [-0.05, 0) is 40.0 Å². The van der Waals surface area contributed by atoms with Gasteiger partial charge in [-0.2, -0.15) is 5.10 Å². The topological polar surface area (TPSA) is 76.2 Å². The second-order valence-corrected chi connectivity index (χ2v) is 5.77. The first-order chi connectivity index (χ1) is 8.94. The van der Waals surface area contributed by atoms with Gasteiger partial charge in [0, 0.05) is 0 Å². The van der Waals surface area contributed by atoms with E-state index in [1.54, 1.807) is 12.4 Å². The fourth-order valence-electron chi connectivity index (χ4n) is 2.17. The molecule has 1 aliphatic carbocycles. The summed E-state index contributed by atoms with van der Waals surface area (Å²) < 4.78 is 11.1. The zero-order valence-electron chi connectivity index (χ0n) is 11.6. The first-order valence-electron chi connectivity index (χ1n) is 6.59. The van der Waals surface area contributed by atoms with Crippen molar-refractivity contribution in [2.75, 3.05) is 0 Å². The third kappa shape index (κ3) is 4.15. The lowest BCUT2D eigenvalue weighted by Gasteiger charge is -2.24. The summed E-state index contributed by atoms with van der Waals surface area (Å²) in [7, 11) is 0. The largest absolute Gasteiger partial charge is 0.485 e. The predicted molar refractivity (Wildman–Crippen MR) is 70.0 cm³/mol. The van der Waals surface area contributed by atoms with Gasteiger partial charge in [0.05, 0.1) is 18.4 Å². The fourth-order valence-corrected chi connectivity index (χ4v) is 2.17. The standard InChI is InChI=1S/C13H21N3O3/c1-13(2,3)19-12(17)16-10-5-4-6-11(10)18-9-7-14-15-8-9/h7-8,10-11H,4-6H2,1-3H3,(H,14,15)(H,16,17)/t10-,11+/m0/s1. The summed E-state index contributed by atoms with van der Waals surface area (Å²) in [5, 5.41) is 9.42. The minimum atomic E-state index is -0.483. The Hall–Kier alpha value is -1.72. The first kappa shape index (κ1) is 13.7. The van der Waals surface area contributed by atoms with Crippen LogP contribution in [0, 0.1) is 0 Å². The Labute approximate surface area is 112 Å². The van der Waals surface area contributed by atoms with Crippen molar-refractivity contribution in [3.05, 3.63) is 12.4 Å². The molecule has 106 valence electrons. The van der Waals surface area contributed by atoms with Gasteiger partial charge in [0.15, 0.2) is 5.75 Å². The van der Waals surface area contributed by atoms with Crippen LogP contribution in [0.3, 0.4) is 0 Å². The summed E-state index contributed by atoms with van der Waals surface area (Å²) in [5.41, 5.74) is -0.483. The molecule has 6 nitrogen and oxygen atoms in total. The highest BCUT2D eigenvalue weighted by Gasteiger charge is 2.31. The molecule has 2 rings (SSSR count). The Morgan fingerprint density at radius 1 is 1.47 bits per heavy atom. The van der Waals surface area contributed by atoms with Crippen molar-refractivity contribution in [2.24, 2.45) is 0 Å². The van der Waals surface area contributed by atoms with Crippen LogP contribution in [-0.4, -0.2) is 34.0 Å². The van der Waals surface area contributed by atoms with E-state index in [-0.39, 0.29) is 18.2 Å². The van der Waals surface area contributed by atoms with E-state index in [4.69, 9.17) is 9.47 Å². The highest BCUT2D eigenvalue weighted by Crippen LogP contribution is 2.24. The van der Waals surface area contributed by atoms with Crippen LogP contribution in [0.5, 0.6) is 5.75 Å². The van der Waals surface area contributed by atoms with E-state index in [0.29, 0.717) is 5.75 Å². The van der Waals surface area contributed by atoms with Gasteiger partial charge in [-0.15, -0.1) is 0 Å². The molecular weight excluding hydrogens is 246 g/mol. The third-order valence-corrected chi connectivity index (χ3v) is 2.92. The van der Waals surface area contributed by atoms with Crippen molar-refractivity contribution >= 4 is 6.09 Å². The molecule has 0 radical (unpaired) electrons. The lowest BCUT2D eigenvalue weighted by atomic mass is 10.2. The van der Waals surface area contributed by atoms with Crippen molar-refractivity contribution < 1.29 is 14.3 Å². The Morgan fingerprint density at radius 3 is 2.89 bits per heavy atom. The number of hydrogen-bond donors (Lipinski definition) is 2. The minimum absolute atomic E-state index is 0.00949. The van der Waals surface area contributed by atoms with Gasteiger partial charge in [0.1, 0.15) is 11.7 Å².